The summed E-state index contributed by atoms with van der Waals surface area (Å²) < 4.78 is 7.13. The molecule has 6 rings (SSSR count). The molecule has 156 valence electrons. The zero-order valence-electron chi connectivity index (χ0n) is 17.1. The number of ketones is 1. The fourth-order valence-electron chi connectivity index (χ4n) is 4.51. The summed E-state index contributed by atoms with van der Waals surface area (Å²) in [6.07, 6.45) is -0.0722. The van der Waals surface area contributed by atoms with Gasteiger partial charge in [-0.05, 0) is 40.6 Å². The van der Waals surface area contributed by atoms with Gasteiger partial charge in [0.15, 0.2) is 0 Å². The summed E-state index contributed by atoms with van der Waals surface area (Å²) in [4.78, 5) is 13.4. The molecule has 0 saturated heterocycles. The maximum absolute atomic E-state index is 13.4. The molecule has 0 aromatic heterocycles. The SMILES string of the molecule is O=C(c1ccc(Br)cc1)[C@@H]1Oc2ccccc2[C@H]2CC(c3ccc4ccccc4c3)=NN21. The Morgan fingerprint density at radius 2 is 1.66 bits per heavy atom. The second kappa shape index (κ2) is 7.61. The van der Waals surface area contributed by atoms with Gasteiger partial charge in [-0.15, -0.1) is 0 Å². The molecule has 4 aromatic rings. The van der Waals surface area contributed by atoms with Crippen molar-refractivity contribution in [3.8, 4) is 5.75 Å². The van der Waals surface area contributed by atoms with Gasteiger partial charge in [0.25, 0.3) is 6.23 Å². The van der Waals surface area contributed by atoms with Gasteiger partial charge in [0.05, 0.1) is 11.8 Å². The van der Waals surface area contributed by atoms with E-state index in [1.165, 1.54) is 10.8 Å². The Hall–Kier alpha value is -3.44. The van der Waals surface area contributed by atoms with Crippen molar-refractivity contribution >= 4 is 38.2 Å². The van der Waals surface area contributed by atoms with Crippen LogP contribution in [0, 0.1) is 0 Å². The number of rotatable bonds is 3. The molecule has 2 aliphatic rings. The predicted molar refractivity (Wildman–Crippen MR) is 129 cm³/mol. The van der Waals surface area contributed by atoms with E-state index in [0.29, 0.717) is 5.56 Å². The van der Waals surface area contributed by atoms with Gasteiger partial charge in [0, 0.05) is 22.0 Å². The number of hydrogen-bond donors (Lipinski definition) is 0. The number of para-hydroxylation sites is 1. The molecule has 0 fully saturated rings. The van der Waals surface area contributed by atoms with Crippen LogP contribution in [-0.2, 0) is 0 Å². The lowest BCUT2D eigenvalue weighted by Crippen LogP contribution is -2.45. The van der Waals surface area contributed by atoms with Crippen LogP contribution < -0.4 is 4.74 Å². The Kier molecular flexibility index (Phi) is 4.58. The van der Waals surface area contributed by atoms with E-state index in [2.05, 4.69) is 52.3 Å². The van der Waals surface area contributed by atoms with Crippen molar-refractivity contribution < 1.29 is 9.53 Å². The Labute approximate surface area is 194 Å². The second-order valence-electron chi connectivity index (χ2n) is 8.09. The van der Waals surface area contributed by atoms with Gasteiger partial charge in [-0.2, -0.15) is 5.10 Å². The molecule has 0 saturated carbocycles. The number of carbonyl (C=O) groups is 1. The third kappa shape index (κ3) is 3.21. The minimum absolute atomic E-state index is 0.0363. The number of benzene rings is 4. The molecule has 32 heavy (non-hydrogen) atoms. The normalized spacial score (nSPS) is 19.2. The summed E-state index contributed by atoms with van der Waals surface area (Å²) in [6.45, 7) is 0. The van der Waals surface area contributed by atoms with Crippen LogP contribution in [0.1, 0.15) is 33.9 Å². The van der Waals surface area contributed by atoms with Crippen LogP contribution in [0.25, 0.3) is 10.8 Å². The highest BCUT2D eigenvalue weighted by atomic mass is 79.9. The number of Topliss-reactive ketones (excluding diaryl/α,β-unsaturated/α-hetero) is 1. The van der Waals surface area contributed by atoms with Gasteiger partial charge in [-0.1, -0.05) is 82.7 Å². The summed E-state index contributed by atoms with van der Waals surface area (Å²) in [5.74, 6) is 0.652. The van der Waals surface area contributed by atoms with Crippen molar-refractivity contribution in [2.45, 2.75) is 18.7 Å². The number of fused-ring (bicyclic) bond motifs is 4. The lowest BCUT2D eigenvalue weighted by Gasteiger charge is -2.37. The maximum Gasteiger partial charge on any atom is 0.251 e. The van der Waals surface area contributed by atoms with Crippen LogP contribution in [-0.4, -0.2) is 22.7 Å². The van der Waals surface area contributed by atoms with Gasteiger partial charge in [-0.3, -0.25) is 4.79 Å². The smallest absolute Gasteiger partial charge is 0.251 e. The predicted octanol–water partition coefficient (Wildman–Crippen LogP) is 6.35. The van der Waals surface area contributed by atoms with Crippen LogP contribution in [0.2, 0.25) is 0 Å². The molecule has 0 bridgehead atoms. The van der Waals surface area contributed by atoms with E-state index >= 15 is 0 Å². The number of carbonyl (C=O) groups excluding carboxylic acids is 1. The summed E-state index contributed by atoms with van der Waals surface area (Å²) in [5.41, 5.74) is 3.71. The zero-order chi connectivity index (χ0) is 21.7. The molecule has 4 nitrogen and oxygen atoms in total. The van der Waals surface area contributed by atoms with Crippen LogP contribution in [0.15, 0.2) is 101 Å². The average molecular weight is 483 g/mol. The highest BCUT2D eigenvalue weighted by Crippen LogP contribution is 2.43. The van der Waals surface area contributed by atoms with E-state index in [4.69, 9.17) is 9.84 Å². The molecular weight excluding hydrogens is 464 g/mol. The number of hydrogen-bond acceptors (Lipinski definition) is 4. The van der Waals surface area contributed by atoms with E-state index in [1.807, 2.05) is 59.6 Å². The second-order valence-corrected chi connectivity index (χ2v) is 9.00. The molecule has 4 aromatic carbocycles. The summed E-state index contributed by atoms with van der Waals surface area (Å²) >= 11 is 3.43. The molecule has 2 aliphatic heterocycles. The molecule has 0 N–H and O–H groups in total. The third-order valence-corrected chi connectivity index (χ3v) is 6.66. The van der Waals surface area contributed by atoms with E-state index in [9.17, 15) is 4.79 Å². The van der Waals surface area contributed by atoms with E-state index in [1.54, 1.807) is 0 Å². The average Bonchev–Trinajstić information content (AvgIpc) is 3.29. The first-order valence-electron chi connectivity index (χ1n) is 10.6. The number of ether oxygens (including phenoxy) is 1. The van der Waals surface area contributed by atoms with Gasteiger partial charge in [0.2, 0.25) is 5.78 Å². The van der Waals surface area contributed by atoms with Gasteiger partial charge < -0.3 is 4.74 Å². The van der Waals surface area contributed by atoms with Crippen LogP contribution in [0.3, 0.4) is 0 Å². The van der Waals surface area contributed by atoms with E-state index < -0.39 is 6.23 Å². The summed E-state index contributed by atoms with van der Waals surface area (Å²) in [7, 11) is 0. The first-order valence-corrected chi connectivity index (χ1v) is 11.4. The number of hydrazone groups is 1. The highest BCUT2D eigenvalue weighted by Gasteiger charge is 2.43. The third-order valence-electron chi connectivity index (χ3n) is 6.13. The molecule has 2 heterocycles. The van der Waals surface area contributed by atoms with Crippen molar-refractivity contribution in [1.29, 1.82) is 0 Å². The lowest BCUT2D eigenvalue weighted by molar-refractivity contribution is -0.00455. The van der Waals surface area contributed by atoms with Crippen molar-refractivity contribution in [1.82, 2.24) is 5.01 Å². The largest absolute Gasteiger partial charge is 0.461 e. The van der Waals surface area contributed by atoms with Crippen molar-refractivity contribution in [2.75, 3.05) is 0 Å². The van der Waals surface area contributed by atoms with Gasteiger partial charge in [0.1, 0.15) is 5.75 Å². The van der Waals surface area contributed by atoms with Crippen LogP contribution >= 0.6 is 15.9 Å². The fourth-order valence-corrected chi connectivity index (χ4v) is 4.77. The first-order chi connectivity index (χ1) is 15.7. The monoisotopic (exact) mass is 482 g/mol. The Bertz CT molecular complexity index is 1380. The number of nitrogens with zero attached hydrogens (tertiary/aromatic N) is 2. The molecular formula is C27H19BrN2O2. The topological polar surface area (TPSA) is 41.9 Å². The number of halogens is 1. The fraction of sp³-hybridized carbons (Fsp3) is 0.111. The Morgan fingerprint density at radius 1 is 0.906 bits per heavy atom. The summed E-state index contributed by atoms with van der Waals surface area (Å²) in [5, 5.41) is 9.15. The van der Waals surface area contributed by atoms with Crippen molar-refractivity contribution in [2.24, 2.45) is 5.10 Å². The molecule has 0 aliphatic carbocycles. The minimum atomic E-state index is -0.797. The van der Waals surface area contributed by atoms with E-state index in [-0.39, 0.29) is 11.8 Å². The molecule has 2 atom stereocenters. The van der Waals surface area contributed by atoms with Crippen molar-refractivity contribution in [3.05, 3.63) is 112 Å². The van der Waals surface area contributed by atoms with Crippen molar-refractivity contribution in [3.63, 3.8) is 0 Å². The maximum atomic E-state index is 13.4. The molecule has 0 amide bonds. The summed E-state index contributed by atoms with van der Waals surface area (Å²) in [6, 6.07) is 30.0. The van der Waals surface area contributed by atoms with Crippen LogP contribution in [0.5, 0.6) is 5.75 Å². The Morgan fingerprint density at radius 3 is 2.50 bits per heavy atom. The first kappa shape index (κ1) is 19.3. The van der Waals surface area contributed by atoms with E-state index in [0.717, 1.165) is 33.5 Å². The zero-order valence-corrected chi connectivity index (χ0v) is 18.7. The molecule has 5 heteroatoms. The lowest BCUT2D eigenvalue weighted by atomic mass is 9.95. The molecule has 0 spiro atoms. The quantitative estimate of drug-likeness (QED) is 0.319. The molecule has 0 unspecified atom stereocenters. The van der Waals surface area contributed by atoms with Gasteiger partial charge in [-0.25, -0.2) is 5.01 Å². The van der Waals surface area contributed by atoms with Crippen LogP contribution in [0.4, 0.5) is 0 Å². The standard InChI is InChI=1S/C27H19BrN2O2/c28-21-13-11-18(12-14-21)26(31)27-30-24(22-7-3-4-8-25(22)32-27)16-23(29-30)20-10-9-17-5-1-2-6-19(17)15-20/h1-15,24,27H,16H2/t24-,27+/m1/s1. The van der Waals surface area contributed by atoms with Gasteiger partial charge >= 0.3 is 0 Å². The minimum Gasteiger partial charge on any atom is -0.461 e. The molecule has 0 radical (unpaired) electrons. The highest BCUT2D eigenvalue weighted by molar-refractivity contribution is 9.10. The Balaban J connectivity index is 1.42.